The summed E-state index contributed by atoms with van der Waals surface area (Å²) in [6.45, 7) is 1.27. The van der Waals surface area contributed by atoms with Crippen LogP contribution in [0.5, 0.6) is 34.5 Å². The first kappa shape index (κ1) is 30.6. The predicted octanol–water partition coefficient (Wildman–Crippen LogP) is 6.15. The van der Waals surface area contributed by atoms with Gasteiger partial charge in [-0.15, -0.1) is 0 Å². The summed E-state index contributed by atoms with van der Waals surface area (Å²) in [7, 11) is 0. The number of hydrogen-bond acceptors (Lipinski definition) is 8. The van der Waals surface area contributed by atoms with Gasteiger partial charge in [-0.2, -0.15) is 0 Å². The maximum atomic E-state index is 9.88. The predicted molar refractivity (Wildman–Crippen MR) is 159 cm³/mol. The van der Waals surface area contributed by atoms with E-state index in [-0.39, 0.29) is 25.0 Å². The molecular weight excluding hydrogens is 536 g/mol. The van der Waals surface area contributed by atoms with Gasteiger partial charge in [-0.1, -0.05) is 60.7 Å². The quantitative estimate of drug-likeness (QED) is 0.0734. The lowest BCUT2D eigenvalue weighted by Crippen LogP contribution is -2.25. The maximum absolute atomic E-state index is 9.88. The van der Waals surface area contributed by atoms with Crippen LogP contribution in [0.3, 0.4) is 0 Å². The molecule has 0 fully saturated rings. The van der Waals surface area contributed by atoms with E-state index in [0.29, 0.717) is 24.3 Å². The number of benzene rings is 4. The van der Waals surface area contributed by atoms with Crippen LogP contribution in [-0.4, -0.2) is 43.9 Å². The fourth-order valence-electron chi connectivity index (χ4n) is 5.15. The SMILES string of the molecule is Oc1cc(COCCC[C@@H](Cc2ccccc2)[C@@H](COCc2cc(O)c(O)c(O)c2)Cc2ccccc2)cc(O)c1O. The van der Waals surface area contributed by atoms with Gasteiger partial charge < -0.3 is 40.1 Å². The number of hydrogen-bond donors (Lipinski definition) is 6. The van der Waals surface area contributed by atoms with Crippen LogP contribution < -0.4 is 0 Å². The van der Waals surface area contributed by atoms with Crippen molar-refractivity contribution in [3.63, 3.8) is 0 Å². The summed E-state index contributed by atoms with van der Waals surface area (Å²) >= 11 is 0. The van der Waals surface area contributed by atoms with Crippen molar-refractivity contribution in [3.05, 3.63) is 107 Å². The molecule has 0 heterocycles. The Balaban J connectivity index is 1.43. The van der Waals surface area contributed by atoms with E-state index < -0.39 is 34.5 Å². The Morgan fingerprint density at radius 2 is 0.929 bits per heavy atom. The number of aromatic hydroxyl groups is 6. The first-order chi connectivity index (χ1) is 20.3. The minimum absolute atomic E-state index is 0.151. The molecule has 6 N–H and O–H groups in total. The van der Waals surface area contributed by atoms with Crippen molar-refractivity contribution in [1.29, 1.82) is 0 Å². The Labute approximate surface area is 245 Å². The van der Waals surface area contributed by atoms with Crippen molar-refractivity contribution in [2.75, 3.05) is 13.2 Å². The zero-order valence-corrected chi connectivity index (χ0v) is 23.4. The molecule has 0 amide bonds. The van der Waals surface area contributed by atoms with Crippen LogP contribution in [0.4, 0.5) is 0 Å². The lowest BCUT2D eigenvalue weighted by molar-refractivity contribution is 0.0578. The van der Waals surface area contributed by atoms with E-state index in [1.54, 1.807) is 0 Å². The minimum atomic E-state index is -0.551. The van der Waals surface area contributed by atoms with E-state index in [9.17, 15) is 30.6 Å². The Kier molecular flexibility index (Phi) is 10.9. The Bertz CT molecular complexity index is 1360. The largest absolute Gasteiger partial charge is 0.504 e. The van der Waals surface area contributed by atoms with E-state index in [0.717, 1.165) is 25.7 Å². The molecular formula is C34H38O8. The molecule has 4 rings (SSSR count). The smallest absolute Gasteiger partial charge is 0.200 e. The number of ether oxygens (including phenoxy) is 2. The summed E-state index contributed by atoms with van der Waals surface area (Å²) in [4.78, 5) is 0. The van der Waals surface area contributed by atoms with Crippen molar-refractivity contribution < 1.29 is 40.1 Å². The molecule has 0 saturated heterocycles. The van der Waals surface area contributed by atoms with Crippen molar-refractivity contribution in [3.8, 4) is 34.5 Å². The summed E-state index contributed by atoms with van der Waals surface area (Å²) in [5.74, 6) is -2.27. The first-order valence-corrected chi connectivity index (χ1v) is 14.0. The van der Waals surface area contributed by atoms with Crippen LogP contribution in [0.1, 0.15) is 35.1 Å². The highest BCUT2D eigenvalue weighted by atomic mass is 16.5. The van der Waals surface area contributed by atoms with Crippen LogP contribution in [0, 0.1) is 11.8 Å². The molecule has 0 aliphatic carbocycles. The van der Waals surface area contributed by atoms with Gasteiger partial charge in [0, 0.05) is 6.61 Å². The second-order valence-corrected chi connectivity index (χ2v) is 10.6. The summed E-state index contributed by atoms with van der Waals surface area (Å²) in [5.41, 5.74) is 3.54. The second kappa shape index (κ2) is 15.0. The van der Waals surface area contributed by atoms with Gasteiger partial charge in [-0.25, -0.2) is 0 Å². The number of phenolic OH excluding ortho intramolecular Hbond substituents is 6. The molecule has 42 heavy (non-hydrogen) atoms. The topological polar surface area (TPSA) is 140 Å². The number of rotatable bonds is 15. The molecule has 0 aliphatic rings. The number of phenols is 6. The molecule has 8 heteroatoms. The average Bonchev–Trinajstić information content (AvgIpc) is 2.98. The lowest BCUT2D eigenvalue weighted by Gasteiger charge is -2.28. The van der Waals surface area contributed by atoms with E-state index >= 15 is 0 Å². The third-order valence-electron chi connectivity index (χ3n) is 7.34. The van der Waals surface area contributed by atoms with E-state index in [4.69, 9.17) is 9.47 Å². The molecule has 0 aliphatic heterocycles. The molecule has 0 radical (unpaired) electrons. The summed E-state index contributed by atoms with van der Waals surface area (Å²) in [6, 6.07) is 26.1. The Morgan fingerprint density at radius 1 is 0.500 bits per heavy atom. The van der Waals surface area contributed by atoms with Gasteiger partial charge in [0.05, 0.1) is 19.8 Å². The van der Waals surface area contributed by atoms with Crippen LogP contribution in [0.25, 0.3) is 0 Å². The van der Waals surface area contributed by atoms with Crippen molar-refractivity contribution in [1.82, 2.24) is 0 Å². The van der Waals surface area contributed by atoms with Gasteiger partial charge in [0.1, 0.15) is 0 Å². The first-order valence-electron chi connectivity index (χ1n) is 14.0. The van der Waals surface area contributed by atoms with Gasteiger partial charge in [0.25, 0.3) is 0 Å². The molecule has 222 valence electrons. The minimum Gasteiger partial charge on any atom is -0.504 e. The molecule has 2 atom stereocenters. The highest BCUT2D eigenvalue weighted by Crippen LogP contribution is 2.37. The van der Waals surface area contributed by atoms with Crippen LogP contribution in [0.15, 0.2) is 84.9 Å². The molecule has 8 nitrogen and oxygen atoms in total. The standard InChI is InChI=1S/C34H38O8/c35-29-16-25(17-30(36)33(29)39)20-41-13-7-12-27(14-23-8-3-1-4-9-23)28(15-24-10-5-2-6-11-24)22-42-21-26-18-31(37)34(40)32(38)19-26/h1-6,8-11,16-19,27-28,35-40H,7,12-15,20-22H2/t27-,28+/m0/s1. The molecule has 0 unspecified atom stereocenters. The lowest BCUT2D eigenvalue weighted by atomic mass is 9.80. The zero-order valence-electron chi connectivity index (χ0n) is 23.4. The Morgan fingerprint density at radius 3 is 1.40 bits per heavy atom. The van der Waals surface area contributed by atoms with E-state index in [1.165, 1.54) is 35.4 Å². The average molecular weight is 575 g/mol. The summed E-state index contributed by atoms with van der Waals surface area (Å²) < 4.78 is 12.0. The third kappa shape index (κ3) is 8.80. The second-order valence-electron chi connectivity index (χ2n) is 10.6. The highest BCUT2D eigenvalue weighted by Gasteiger charge is 2.23. The van der Waals surface area contributed by atoms with E-state index in [1.807, 2.05) is 36.4 Å². The van der Waals surface area contributed by atoms with Crippen molar-refractivity contribution >= 4 is 0 Å². The van der Waals surface area contributed by atoms with Gasteiger partial charge in [-0.3, -0.25) is 0 Å². The van der Waals surface area contributed by atoms with Gasteiger partial charge in [0.15, 0.2) is 34.5 Å². The molecule has 0 aromatic heterocycles. The monoisotopic (exact) mass is 574 g/mol. The fraction of sp³-hybridized carbons (Fsp3) is 0.294. The summed E-state index contributed by atoms with van der Waals surface area (Å²) in [6.07, 6.45) is 3.29. The van der Waals surface area contributed by atoms with Gasteiger partial charge in [-0.05, 0) is 84.0 Å². The zero-order chi connectivity index (χ0) is 29.9. The molecule has 0 saturated carbocycles. The molecule has 4 aromatic carbocycles. The fourth-order valence-corrected chi connectivity index (χ4v) is 5.15. The van der Waals surface area contributed by atoms with Gasteiger partial charge >= 0.3 is 0 Å². The van der Waals surface area contributed by atoms with E-state index in [2.05, 4.69) is 24.3 Å². The molecule has 0 spiro atoms. The van der Waals surface area contributed by atoms with Crippen molar-refractivity contribution in [2.45, 2.75) is 38.9 Å². The van der Waals surface area contributed by atoms with Crippen molar-refractivity contribution in [2.24, 2.45) is 11.8 Å². The third-order valence-corrected chi connectivity index (χ3v) is 7.34. The molecule has 4 aromatic rings. The highest BCUT2D eigenvalue weighted by molar-refractivity contribution is 5.51. The molecule has 0 bridgehead atoms. The van der Waals surface area contributed by atoms with Crippen LogP contribution in [0.2, 0.25) is 0 Å². The van der Waals surface area contributed by atoms with Crippen LogP contribution in [-0.2, 0) is 35.5 Å². The van der Waals surface area contributed by atoms with Crippen LogP contribution >= 0.6 is 0 Å². The normalized spacial score (nSPS) is 12.7. The van der Waals surface area contributed by atoms with Gasteiger partial charge in [0.2, 0.25) is 0 Å². The maximum Gasteiger partial charge on any atom is 0.200 e. The summed E-state index contributed by atoms with van der Waals surface area (Å²) in [5, 5.41) is 58.5. The Hall–Kier alpha value is -4.40.